The third-order valence-electron chi connectivity index (χ3n) is 2.68. The van der Waals surface area contributed by atoms with Crippen molar-refractivity contribution in [3.8, 4) is 0 Å². The average Bonchev–Trinajstić information content (AvgIpc) is 2.41. The Morgan fingerprint density at radius 3 is 1.94 bits per heavy atom. The lowest BCUT2D eigenvalue weighted by molar-refractivity contribution is 0.310. The summed E-state index contributed by atoms with van der Waals surface area (Å²) in [6.07, 6.45) is 7.89. The van der Waals surface area contributed by atoms with Crippen LogP contribution in [0.4, 0.5) is 0 Å². The van der Waals surface area contributed by atoms with Crippen LogP contribution in [0.3, 0.4) is 0 Å². The first-order chi connectivity index (χ1) is 7.86. The van der Waals surface area contributed by atoms with Crippen LogP contribution < -0.4 is 0 Å². The number of nitrogens with zero attached hydrogens (tertiary/aromatic N) is 1. The van der Waals surface area contributed by atoms with Crippen molar-refractivity contribution in [2.24, 2.45) is 0 Å². The Labute approximate surface area is 99.1 Å². The predicted octanol–water partition coefficient (Wildman–Crippen LogP) is 3.95. The zero-order chi connectivity index (χ0) is 11.6. The Morgan fingerprint density at radius 2 is 1.56 bits per heavy atom. The molecule has 0 N–H and O–H groups in total. The van der Waals surface area contributed by atoms with Crippen molar-refractivity contribution in [2.75, 3.05) is 13.1 Å². The molecule has 1 fully saturated rings. The number of benzene rings is 1. The van der Waals surface area contributed by atoms with Crippen molar-refractivity contribution < 1.29 is 0 Å². The highest BCUT2D eigenvalue weighted by atomic mass is 15.1. The van der Waals surface area contributed by atoms with Crippen LogP contribution in [0.1, 0.15) is 24.8 Å². The summed E-state index contributed by atoms with van der Waals surface area (Å²) < 4.78 is 0. The quantitative estimate of drug-likeness (QED) is 0.722. The highest BCUT2D eigenvalue weighted by Gasteiger charge is 2.03. The molecule has 1 heterocycles. The van der Waals surface area contributed by atoms with Crippen LogP contribution in [0.25, 0.3) is 6.08 Å². The summed E-state index contributed by atoms with van der Waals surface area (Å²) in [6.45, 7) is 9.79. The first-order valence-corrected chi connectivity index (χ1v) is 5.91. The molecular weight excluding hydrogens is 194 g/mol. The van der Waals surface area contributed by atoms with E-state index in [0.29, 0.717) is 0 Å². The molecular formula is C15H21N. The third kappa shape index (κ3) is 4.83. The van der Waals surface area contributed by atoms with Gasteiger partial charge in [-0.25, -0.2) is 0 Å². The predicted molar refractivity (Wildman–Crippen MR) is 72.2 cm³/mol. The van der Waals surface area contributed by atoms with Crippen molar-refractivity contribution in [1.82, 2.24) is 4.90 Å². The van der Waals surface area contributed by atoms with Gasteiger partial charge in [0.1, 0.15) is 0 Å². The summed E-state index contributed by atoms with van der Waals surface area (Å²) in [4.78, 5) is 2.28. The second-order valence-electron chi connectivity index (χ2n) is 3.89. The van der Waals surface area contributed by atoms with Crippen molar-refractivity contribution >= 4 is 6.08 Å². The molecule has 1 aliphatic heterocycles. The molecule has 0 spiro atoms. The van der Waals surface area contributed by atoms with Gasteiger partial charge in [0.2, 0.25) is 0 Å². The Morgan fingerprint density at radius 1 is 0.938 bits per heavy atom. The summed E-state index contributed by atoms with van der Waals surface area (Å²) in [6, 6.07) is 10.0. The summed E-state index contributed by atoms with van der Waals surface area (Å²) in [5, 5.41) is 0. The normalized spacial score (nSPS) is 14.6. The number of likely N-dealkylation sites (tertiary alicyclic amines) is 1. The number of hydrogen-bond donors (Lipinski definition) is 0. The molecule has 0 aliphatic carbocycles. The van der Waals surface area contributed by atoms with Gasteiger partial charge in [0, 0.05) is 13.1 Å². The molecule has 1 heteroatoms. The summed E-state index contributed by atoms with van der Waals surface area (Å²) in [5.74, 6) is 0. The Bertz CT molecular complexity index is 296. The van der Waals surface area contributed by atoms with Crippen molar-refractivity contribution in [3.05, 3.63) is 55.3 Å². The highest BCUT2D eigenvalue weighted by Crippen LogP contribution is 2.07. The molecule has 0 amide bonds. The molecule has 16 heavy (non-hydrogen) atoms. The smallest absolute Gasteiger partial charge is 0.0172 e. The van der Waals surface area contributed by atoms with Gasteiger partial charge in [0.15, 0.2) is 0 Å². The number of hydrogen-bond acceptors (Lipinski definition) is 1. The summed E-state index contributed by atoms with van der Waals surface area (Å²) >= 11 is 0. The van der Waals surface area contributed by atoms with E-state index >= 15 is 0 Å². The van der Waals surface area contributed by atoms with Crippen molar-refractivity contribution in [1.29, 1.82) is 0 Å². The molecule has 1 nitrogen and oxygen atoms in total. The van der Waals surface area contributed by atoms with Gasteiger partial charge in [-0.15, -0.1) is 0 Å². The molecule has 1 saturated heterocycles. The minimum absolute atomic E-state index is 1.17. The maximum atomic E-state index is 3.71. The number of piperidine rings is 1. The van der Waals surface area contributed by atoms with E-state index in [2.05, 4.69) is 18.1 Å². The van der Waals surface area contributed by atoms with Gasteiger partial charge in [-0.05, 0) is 31.0 Å². The van der Waals surface area contributed by atoms with Gasteiger partial charge in [-0.2, -0.15) is 0 Å². The van der Waals surface area contributed by atoms with Crippen LogP contribution in [-0.4, -0.2) is 18.0 Å². The maximum Gasteiger partial charge on any atom is 0.0172 e. The van der Waals surface area contributed by atoms with Crippen LogP contribution in [-0.2, 0) is 0 Å². The lowest BCUT2D eigenvalue weighted by atomic mass is 10.1. The molecule has 86 valence electrons. The fraction of sp³-hybridized carbons (Fsp3) is 0.333. The molecule has 0 unspecified atom stereocenters. The van der Waals surface area contributed by atoms with Gasteiger partial charge < -0.3 is 4.90 Å². The average molecular weight is 215 g/mol. The Balaban J connectivity index is 0.000000160. The molecule has 2 rings (SSSR count). The molecule has 0 saturated carbocycles. The SMILES string of the molecule is C=CN1CCCCC1.C=Cc1ccccc1. The van der Waals surface area contributed by atoms with E-state index in [4.69, 9.17) is 0 Å². The largest absolute Gasteiger partial charge is 0.378 e. The van der Waals surface area contributed by atoms with E-state index in [1.54, 1.807) is 0 Å². The van der Waals surface area contributed by atoms with Gasteiger partial charge in [-0.3, -0.25) is 0 Å². The first-order valence-electron chi connectivity index (χ1n) is 5.91. The second kappa shape index (κ2) is 7.75. The van der Waals surface area contributed by atoms with Crippen molar-refractivity contribution in [3.63, 3.8) is 0 Å². The van der Waals surface area contributed by atoms with E-state index in [1.165, 1.54) is 37.9 Å². The van der Waals surface area contributed by atoms with Gasteiger partial charge in [0.05, 0.1) is 0 Å². The third-order valence-corrected chi connectivity index (χ3v) is 2.68. The van der Waals surface area contributed by atoms with E-state index in [1.807, 2.05) is 42.6 Å². The Hall–Kier alpha value is -1.50. The van der Waals surface area contributed by atoms with Gasteiger partial charge in [0.25, 0.3) is 0 Å². The standard InChI is InChI=1S/C8H8.C7H13N/c2*1-2-8-6-4-3-5-7-8/h2-7H,1H2;2H,1,3-7H2. The number of rotatable bonds is 2. The molecule has 0 aromatic heterocycles. The fourth-order valence-electron chi connectivity index (χ4n) is 1.69. The topological polar surface area (TPSA) is 3.24 Å². The fourth-order valence-corrected chi connectivity index (χ4v) is 1.69. The highest BCUT2D eigenvalue weighted by molar-refractivity contribution is 5.45. The van der Waals surface area contributed by atoms with E-state index in [9.17, 15) is 0 Å². The zero-order valence-corrected chi connectivity index (χ0v) is 9.94. The molecule has 0 radical (unpaired) electrons. The van der Waals surface area contributed by atoms with Gasteiger partial charge >= 0.3 is 0 Å². The lowest BCUT2D eigenvalue weighted by Gasteiger charge is -2.23. The summed E-state index contributed by atoms with van der Waals surface area (Å²) in [7, 11) is 0. The van der Waals surface area contributed by atoms with Crippen LogP contribution >= 0.6 is 0 Å². The lowest BCUT2D eigenvalue weighted by Crippen LogP contribution is -2.23. The van der Waals surface area contributed by atoms with E-state index in [-0.39, 0.29) is 0 Å². The zero-order valence-electron chi connectivity index (χ0n) is 9.94. The second-order valence-corrected chi connectivity index (χ2v) is 3.89. The molecule has 0 atom stereocenters. The summed E-state index contributed by atoms with van der Waals surface area (Å²) in [5.41, 5.74) is 1.17. The van der Waals surface area contributed by atoms with Gasteiger partial charge in [-0.1, -0.05) is 49.6 Å². The molecule has 1 aromatic carbocycles. The van der Waals surface area contributed by atoms with E-state index < -0.39 is 0 Å². The monoisotopic (exact) mass is 215 g/mol. The first kappa shape index (κ1) is 12.6. The van der Waals surface area contributed by atoms with Crippen LogP contribution in [0, 0.1) is 0 Å². The molecule has 0 bridgehead atoms. The molecule has 1 aromatic rings. The minimum Gasteiger partial charge on any atom is -0.378 e. The van der Waals surface area contributed by atoms with E-state index in [0.717, 1.165) is 0 Å². The van der Waals surface area contributed by atoms with Crippen LogP contribution in [0.2, 0.25) is 0 Å². The van der Waals surface area contributed by atoms with Crippen LogP contribution in [0.15, 0.2) is 49.7 Å². The van der Waals surface area contributed by atoms with Crippen LogP contribution in [0.5, 0.6) is 0 Å². The minimum atomic E-state index is 1.17. The molecule has 1 aliphatic rings. The Kier molecular flexibility index (Phi) is 6.09. The van der Waals surface area contributed by atoms with Crippen molar-refractivity contribution in [2.45, 2.75) is 19.3 Å². The maximum absolute atomic E-state index is 3.71.